The summed E-state index contributed by atoms with van der Waals surface area (Å²) >= 11 is 0. The third kappa shape index (κ3) is 2.97. The SMILES string of the molecule is CC(=O)Nc1cc(C(C)C(F)(F)F)on1. The van der Waals surface area contributed by atoms with Gasteiger partial charge in [-0.3, -0.25) is 4.79 Å². The number of nitrogens with one attached hydrogen (secondary N) is 1. The second-order valence-corrected chi connectivity index (χ2v) is 3.06. The Morgan fingerprint density at radius 1 is 1.60 bits per heavy atom. The van der Waals surface area contributed by atoms with Crippen LogP contribution in [0.25, 0.3) is 0 Å². The van der Waals surface area contributed by atoms with E-state index in [1.165, 1.54) is 6.92 Å². The first-order chi connectivity index (χ1) is 6.80. The van der Waals surface area contributed by atoms with Crippen LogP contribution in [0, 0.1) is 0 Å². The molecule has 1 N–H and O–H groups in total. The molecule has 0 aromatic carbocycles. The zero-order chi connectivity index (χ0) is 11.6. The van der Waals surface area contributed by atoms with Crippen LogP contribution in [0.3, 0.4) is 0 Å². The van der Waals surface area contributed by atoms with Crippen molar-refractivity contribution in [3.05, 3.63) is 11.8 Å². The summed E-state index contributed by atoms with van der Waals surface area (Å²) in [6.07, 6.45) is -4.38. The third-order valence-electron chi connectivity index (χ3n) is 1.75. The summed E-state index contributed by atoms with van der Waals surface area (Å²) in [4.78, 5) is 10.6. The Labute approximate surface area is 83.4 Å². The van der Waals surface area contributed by atoms with Crippen LogP contribution in [-0.4, -0.2) is 17.2 Å². The Balaban J connectivity index is 2.80. The zero-order valence-electron chi connectivity index (χ0n) is 8.05. The van der Waals surface area contributed by atoms with E-state index in [2.05, 4.69) is 15.0 Å². The average molecular weight is 222 g/mol. The van der Waals surface area contributed by atoms with Crippen molar-refractivity contribution in [2.24, 2.45) is 0 Å². The Kier molecular flexibility index (Phi) is 3.01. The van der Waals surface area contributed by atoms with Gasteiger partial charge < -0.3 is 9.84 Å². The van der Waals surface area contributed by atoms with E-state index in [9.17, 15) is 18.0 Å². The van der Waals surface area contributed by atoms with Gasteiger partial charge in [0.1, 0.15) is 5.92 Å². The summed E-state index contributed by atoms with van der Waals surface area (Å²) in [5, 5.41) is 5.50. The third-order valence-corrected chi connectivity index (χ3v) is 1.75. The maximum absolute atomic E-state index is 12.2. The van der Waals surface area contributed by atoms with Gasteiger partial charge in [-0.25, -0.2) is 0 Å². The first-order valence-corrected chi connectivity index (χ1v) is 4.11. The van der Waals surface area contributed by atoms with Crippen molar-refractivity contribution in [2.75, 3.05) is 5.32 Å². The van der Waals surface area contributed by atoms with Crippen LogP contribution in [-0.2, 0) is 4.79 Å². The smallest absolute Gasteiger partial charge is 0.359 e. The first-order valence-electron chi connectivity index (χ1n) is 4.11. The lowest BCUT2D eigenvalue weighted by atomic mass is 10.1. The van der Waals surface area contributed by atoms with Crippen molar-refractivity contribution in [1.82, 2.24) is 5.16 Å². The molecule has 0 bridgehead atoms. The van der Waals surface area contributed by atoms with Gasteiger partial charge in [-0.2, -0.15) is 13.2 Å². The van der Waals surface area contributed by atoms with Crippen molar-refractivity contribution in [1.29, 1.82) is 0 Å². The van der Waals surface area contributed by atoms with Crippen LogP contribution in [0.1, 0.15) is 25.5 Å². The van der Waals surface area contributed by atoms with Crippen LogP contribution in [0.15, 0.2) is 10.6 Å². The number of amides is 1. The molecule has 1 heterocycles. The number of carbonyl (C=O) groups is 1. The molecule has 4 nitrogen and oxygen atoms in total. The number of hydrogen-bond donors (Lipinski definition) is 1. The van der Waals surface area contributed by atoms with Gasteiger partial charge in [0.15, 0.2) is 11.6 Å². The molecule has 0 fully saturated rings. The summed E-state index contributed by atoms with van der Waals surface area (Å²) in [5.74, 6) is -2.51. The number of alkyl halides is 3. The second kappa shape index (κ2) is 3.92. The fourth-order valence-corrected chi connectivity index (χ4v) is 0.894. The van der Waals surface area contributed by atoms with E-state index >= 15 is 0 Å². The molecule has 1 atom stereocenters. The minimum Gasteiger partial charge on any atom is -0.359 e. The molecule has 0 aliphatic heterocycles. The maximum Gasteiger partial charge on any atom is 0.398 e. The summed E-state index contributed by atoms with van der Waals surface area (Å²) in [6, 6.07) is 1.06. The summed E-state index contributed by atoms with van der Waals surface area (Å²) < 4.78 is 41.2. The van der Waals surface area contributed by atoms with E-state index < -0.39 is 18.0 Å². The molecule has 0 radical (unpaired) electrons. The molecule has 84 valence electrons. The van der Waals surface area contributed by atoms with Crippen molar-refractivity contribution >= 4 is 11.7 Å². The van der Waals surface area contributed by atoms with Crippen LogP contribution >= 0.6 is 0 Å². The normalized spacial score (nSPS) is 13.7. The molecule has 15 heavy (non-hydrogen) atoms. The second-order valence-electron chi connectivity index (χ2n) is 3.06. The molecule has 0 aliphatic rings. The van der Waals surface area contributed by atoms with Crippen LogP contribution in [0.5, 0.6) is 0 Å². The number of nitrogens with zero attached hydrogens (tertiary/aromatic N) is 1. The molecule has 0 saturated heterocycles. The standard InChI is InChI=1S/C8H9F3N2O2/c1-4(8(9,10)11)6-3-7(13-15-6)12-5(2)14/h3-4H,1-2H3,(H,12,13,14). The van der Waals surface area contributed by atoms with Crippen molar-refractivity contribution in [3.8, 4) is 0 Å². The largest absolute Gasteiger partial charge is 0.398 e. The van der Waals surface area contributed by atoms with Crippen molar-refractivity contribution in [3.63, 3.8) is 0 Å². The molecule has 0 aliphatic carbocycles. The lowest BCUT2D eigenvalue weighted by Gasteiger charge is -2.11. The molecule has 1 unspecified atom stereocenters. The zero-order valence-corrected chi connectivity index (χ0v) is 8.05. The highest BCUT2D eigenvalue weighted by Gasteiger charge is 2.39. The molecule has 1 rings (SSSR count). The quantitative estimate of drug-likeness (QED) is 0.835. The molecular formula is C8H9F3N2O2. The van der Waals surface area contributed by atoms with Gasteiger partial charge in [0.2, 0.25) is 5.91 Å². The molecular weight excluding hydrogens is 213 g/mol. The van der Waals surface area contributed by atoms with Gasteiger partial charge in [0.05, 0.1) is 0 Å². The Hall–Kier alpha value is -1.53. The predicted octanol–water partition coefficient (Wildman–Crippen LogP) is 2.30. The number of hydrogen-bond acceptors (Lipinski definition) is 3. The topological polar surface area (TPSA) is 55.1 Å². The molecule has 1 aromatic heterocycles. The molecule has 0 saturated carbocycles. The van der Waals surface area contributed by atoms with Crippen LogP contribution in [0.2, 0.25) is 0 Å². The number of anilines is 1. The lowest BCUT2D eigenvalue weighted by molar-refractivity contribution is -0.150. The van der Waals surface area contributed by atoms with E-state index in [0.717, 1.165) is 13.0 Å². The first kappa shape index (κ1) is 11.5. The van der Waals surface area contributed by atoms with Gasteiger partial charge in [-0.1, -0.05) is 5.16 Å². The predicted molar refractivity (Wildman–Crippen MR) is 45.3 cm³/mol. The number of carbonyl (C=O) groups excluding carboxylic acids is 1. The highest BCUT2D eigenvalue weighted by molar-refractivity contribution is 5.87. The van der Waals surface area contributed by atoms with Gasteiger partial charge in [-0.15, -0.1) is 0 Å². The molecule has 0 spiro atoms. The summed E-state index contributed by atoms with van der Waals surface area (Å²) in [5.41, 5.74) is 0. The monoisotopic (exact) mass is 222 g/mol. The van der Waals surface area contributed by atoms with E-state index in [4.69, 9.17) is 0 Å². The molecule has 1 aromatic rings. The summed E-state index contributed by atoms with van der Waals surface area (Å²) in [7, 11) is 0. The van der Waals surface area contributed by atoms with Crippen molar-refractivity contribution < 1.29 is 22.5 Å². The average Bonchev–Trinajstić information content (AvgIpc) is 2.48. The highest BCUT2D eigenvalue weighted by atomic mass is 19.4. The van der Waals surface area contributed by atoms with E-state index in [1.54, 1.807) is 0 Å². The van der Waals surface area contributed by atoms with Gasteiger partial charge >= 0.3 is 6.18 Å². The number of halogens is 3. The van der Waals surface area contributed by atoms with Gasteiger partial charge in [0, 0.05) is 13.0 Å². The van der Waals surface area contributed by atoms with E-state index in [1.807, 2.05) is 0 Å². The Morgan fingerprint density at radius 3 is 2.67 bits per heavy atom. The number of aromatic nitrogens is 1. The van der Waals surface area contributed by atoms with E-state index in [-0.39, 0.29) is 11.6 Å². The van der Waals surface area contributed by atoms with Gasteiger partial charge in [0.25, 0.3) is 0 Å². The van der Waals surface area contributed by atoms with Crippen LogP contribution in [0.4, 0.5) is 19.0 Å². The van der Waals surface area contributed by atoms with Crippen LogP contribution < -0.4 is 5.32 Å². The molecule has 7 heteroatoms. The fraction of sp³-hybridized carbons (Fsp3) is 0.500. The minimum absolute atomic E-state index is 0.0198. The fourth-order valence-electron chi connectivity index (χ4n) is 0.894. The number of rotatable bonds is 2. The highest BCUT2D eigenvalue weighted by Crippen LogP contribution is 2.34. The molecule has 1 amide bonds. The Bertz CT molecular complexity index is 359. The van der Waals surface area contributed by atoms with Crippen molar-refractivity contribution in [2.45, 2.75) is 25.9 Å². The lowest BCUT2D eigenvalue weighted by Crippen LogP contribution is -2.17. The summed E-state index contributed by atoms with van der Waals surface area (Å²) in [6.45, 7) is 2.18. The Morgan fingerprint density at radius 2 is 2.20 bits per heavy atom. The minimum atomic E-state index is -4.38. The van der Waals surface area contributed by atoms with Gasteiger partial charge in [-0.05, 0) is 6.92 Å². The maximum atomic E-state index is 12.2. The van der Waals surface area contributed by atoms with E-state index in [0.29, 0.717) is 0 Å².